The van der Waals surface area contributed by atoms with Gasteiger partial charge in [-0.05, 0) is 37.8 Å². The van der Waals surface area contributed by atoms with Crippen LogP contribution in [-0.4, -0.2) is 33.8 Å². The van der Waals surface area contributed by atoms with E-state index in [0.717, 1.165) is 31.0 Å². The van der Waals surface area contributed by atoms with Crippen LogP contribution in [0.4, 0.5) is 4.39 Å². The molecule has 1 heterocycles. The van der Waals surface area contributed by atoms with Crippen molar-refractivity contribution in [3.8, 4) is 5.75 Å². The highest BCUT2D eigenvalue weighted by atomic mass is 79.9. The van der Waals surface area contributed by atoms with Crippen molar-refractivity contribution < 1.29 is 14.3 Å². The first-order chi connectivity index (χ1) is 9.15. The Kier molecular flexibility index (Phi) is 4.80. The quantitative estimate of drug-likeness (QED) is 0.861. The number of phenols is 1. The molecule has 0 radical (unpaired) electrons. The number of nitrogens with zero attached hydrogens (tertiary/aromatic N) is 1. The zero-order chi connectivity index (χ0) is 13.8. The van der Waals surface area contributed by atoms with Gasteiger partial charge in [-0.25, -0.2) is 4.39 Å². The highest BCUT2D eigenvalue weighted by Crippen LogP contribution is 2.28. The van der Waals surface area contributed by atoms with Crippen molar-refractivity contribution in [3.63, 3.8) is 0 Å². The minimum Gasteiger partial charge on any atom is -0.507 e. The maximum atomic E-state index is 13.7. The molecule has 1 aliphatic heterocycles. The SMILES string of the molecule is O=C(c1c(O)cccc1F)N1CCCC1CCCBr. The number of hydrogen-bond acceptors (Lipinski definition) is 2. The van der Waals surface area contributed by atoms with Crippen molar-refractivity contribution >= 4 is 21.8 Å². The number of hydrogen-bond donors (Lipinski definition) is 1. The van der Waals surface area contributed by atoms with Crippen LogP contribution in [0.3, 0.4) is 0 Å². The van der Waals surface area contributed by atoms with E-state index in [1.807, 2.05) is 0 Å². The van der Waals surface area contributed by atoms with Gasteiger partial charge in [0.1, 0.15) is 17.1 Å². The molecule has 1 aromatic rings. The van der Waals surface area contributed by atoms with E-state index in [9.17, 15) is 14.3 Å². The zero-order valence-electron chi connectivity index (χ0n) is 10.6. The van der Waals surface area contributed by atoms with E-state index in [0.29, 0.717) is 6.54 Å². The summed E-state index contributed by atoms with van der Waals surface area (Å²) < 4.78 is 13.7. The maximum absolute atomic E-state index is 13.7. The highest BCUT2D eigenvalue weighted by molar-refractivity contribution is 9.09. The van der Waals surface area contributed by atoms with Gasteiger partial charge in [-0.1, -0.05) is 22.0 Å². The van der Waals surface area contributed by atoms with Gasteiger partial charge < -0.3 is 10.0 Å². The van der Waals surface area contributed by atoms with Crippen molar-refractivity contribution in [1.82, 2.24) is 4.90 Å². The normalized spacial score (nSPS) is 18.8. The fourth-order valence-corrected chi connectivity index (χ4v) is 2.91. The minimum atomic E-state index is -0.656. The van der Waals surface area contributed by atoms with Crippen LogP contribution in [0.5, 0.6) is 5.75 Å². The number of phenolic OH excluding ortho intramolecular Hbond substituents is 1. The molecule has 1 aromatic carbocycles. The van der Waals surface area contributed by atoms with Crippen LogP contribution < -0.4 is 0 Å². The Balaban J connectivity index is 2.18. The van der Waals surface area contributed by atoms with Gasteiger partial charge in [-0.3, -0.25) is 4.79 Å². The Bertz CT molecular complexity index is 447. The van der Waals surface area contributed by atoms with Crippen molar-refractivity contribution in [3.05, 3.63) is 29.6 Å². The molecular formula is C14H17BrFNO2. The second-order valence-corrected chi connectivity index (χ2v) is 5.55. The average molecular weight is 330 g/mol. The van der Waals surface area contributed by atoms with Gasteiger partial charge in [0.25, 0.3) is 5.91 Å². The van der Waals surface area contributed by atoms with Gasteiger partial charge in [-0.2, -0.15) is 0 Å². The summed E-state index contributed by atoms with van der Waals surface area (Å²) in [6.07, 6.45) is 3.78. The molecule has 1 unspecified atom stereocenters. The van der Waals surface area contributed by atoms with E-state index in [1.54, 1.807) is 4.90 Å². The Morgan fingerprint density at radius 1 is 1.53 bits per heavy atom. The number of likely N-dealkylation sites (tertiary alicyclic amines) is 1. The Hall–Kier alpha value is -1.10. The predicted molar refractivity (Wildman–Crippen MR) is 75.2 cm³/mol. The second-order valence-electron chi connectivity index (χ2n) is 4.76. The Labute approximate surface area is 120 Å². The fraction of sp³-hybridized carbons (Fsp3) is 0.500. The van der Waals surface area contributed by atoms with Crippen LogP contribution >= 0.6 is 15.9 Å². The Morgan fingerprint density at radius 3 is 3.00 bits per heavy atom. The first kappa shape index (κ1) is 14.3. The zero-order valence-corrected chi connectivity index (χ0v) is 12.2. The number of alkyl halides is 1. The molecule has 0 saturated carbocycles. The molecular weight excluding hydrogens is 313 g/mol. The van der Waals surface area contributed by atoms with Gasteiger partial charge in [-0.15, -0.1) is 0 Å². The molecule has 0 spiro atoms. The number of benzene rings is 1. The van der Waals surface area contributed by atoms with Crippen LogP contribution in [0.25, 0.3) is 0 Å². The standard InChI is InChI=1S/C14H17BrFNO2/c15-8-2-4-10-5-3-9-17(10)14(19)13-11(16)6-1-7-12(13)18/h1,6-7,10,18H,2-5,8-9H2. The number of aromatic hydroxyl groups is 1. The second kappa shape index (κ2) is 6.37. The molecule has 1 atom stereocenters. The van der Waals surface area contributed by atoms with Crippen molar-refractivity contribution in [2.24, 2.45) is 0 Å². The smallest absolute Gasteiger partial charge is 0.260 e. The average Bonchev–Trinajstić information content (AvgIpc) is 2.84. The van der Waals surface area contributed by atoms with Crippen molar-refractivity contribution in [1.29, 1.82) is 0 Å². The lowest BCUT2D eigenvalue weighted by Gasteiger charge is -2.25. The van der Waals surface area contributed by atoms with E-state index < -0.39 is 11.7 Å². The molecule has 1 aliphatic rings. The molecule has 0 aliphatic carbocycles. The van der Waals surface area contributed by atoms with E-state index >= 15 is 0 Å². The summed E-state index contributed by atoms with van der Waals surface area (Å²) in [6, 6.07) is 4.11. The van der Waals surface area contributed by atoms with Gasteiger partial charge in [0.15, 0.2) is 0 Å². The van der Waals surface area contributed by atoms with E-state index in [-0.39, 0.29) is 17.4 Å². The van der Waals surface area contributed by atoms with E-state index in [2.05, 4.69) is 15.9 Å². The molecule has 1 fully saturated rings. The molecule has 5 heteroatoms. The van der Waals surface area contributed by atoms with Gasteiger partial charge >= 0.3 is 0 Å². The lowest BCUT2D eigenvalue weighted by atomic mass is 10.1. The minimum absolute atomic E-state index is 0.157. The molecule has 19 heavy (non-hydrogen) atoms. The summed E-state index contributed by atoms with van der Waals surface area (Å²) >= 11 is 3.38. The lowest BCUT2D eigenvalue weighted by Crippen LogP contribution is -2.36. The summed E-state index contributed by atoms with van der Waals surface area (Å²) in [5.74, 6) is -1.33. The van der Waals surface area contributed by atoms with Crippen LogP contribution in [-0.2, 0) is 0 Å². The van der Waals surface area contributed by atoms with Crippen LogP contribution in [0.2, 0.25) is 0 Å². The molecule has 0 aromatic heterocycles. The summed E-state index contributed by atoms with van der Waals surface area (Å²) in [4.78, 5) is 14.1. The third-order valence-electron chi connectivity index (χ3n) is 3.51. The largest absolute Gasteiger partial charge is 0.507 e. The van der Waals surface area contributed by atoms with Crippen LogP contribution in [0.1, 0.15) is 36.0 Å². The van der Waals surface area contributed by atoms with Gasteiger partial charge in [0, 0.05) is 17.9 Å². The number of carbonyl (C=O) groups excluding carboxylic acids is 1. The van der Waals surface area contributed by atoms with Crippen LogP contribution in [0.15, 0.2) is 18.2 Å². The maximum Gasteiger partial charge on any atom is 0.260 e. The third kappa shape index (κ3) is 3.08. The number of halogens is 2. The topological polar surface area (TPSA) is 40.5 Å². The third-order valence-corrected chi connectivity index (χ3v) is 4.08. The van der Waals surface area contributed by atoms with Crippen molar-refractivity contribution in [2.75, 3.05) is 11.9 Å². The van der Waals surface area contributed by atoms with Gasteiger partial charge in [0.2, 0.25) is 0 Å². The number of carbonyl (C=O) groups is 1. The summed E-state index contributed by atoms with van der Waals surface area (Å²) in [5, 5.41) is 10.6. The van der Waals surface area contributed by atoms with Crippen molar-refractivity contribution in [2.45, 2.75) is 31.7 Å². The molecule has 1 N–H and O–H groups in total. The monoisotopic (exact) mass is 329 g/mol. The summed E-state index contributed by atoms with van der Waals surface area (Å²) in [7, 11) is 0. The lowest BCUT2D eigenvalue weighted by molar-refractivity contribution is 0.0722. The van der Waals surface area contributed by atoms with Gasteiger partial charge in [0.05, 0.1) is 0 Å². The highest BCUT2D eigenvalue weighted by Gasteiger charge is 2.31. The predicted octanol–water partition coefficient (Wildman–Crippen LogP) is 3.31. The first-order valence-electron chi connectivity index (χ1n) is 6.49. The summed E-state index contributed by atoms with van der Waals surface area (Å²) in [6.45, 7) is 0.638. The van der Waals surface area contributed by atoms with E-state index in [1.165, 1.54) is 18.2 Å². The van der Waals surface area contributed by atoms with Crippen LogP contribution in [0, 0.1) is 5.82 Å². The number of rotatable bonds is 4. The number of amides is 1. The molecule has 104 valence electrons. The molecule has 0 bridgehead atoms. The fourth-order valence-electron chi connectivity index (χ4n) is 2.58. The molecule has 1 saturated heterocycles. The molecule has 3 nitrogen and oxygen atoms in total. The summed E-state index contributed by atoms with van der Waals surface area (Å²) in [5.41, 5.74) is -0.201. The first-order valence-corrected chi connectivity index (χ1v) is 7.61. The molecule has 2 rings (SSSR count). The molecule has 1 amide bonds. The Morgan fingerprint density at radius 2 is 2.32 bits per heavy atom. The van der Waals surface area contributed by atoms with E-state index in [4.69, 9.17) is 0 Å².